The molecule has 0 bridgehead atoms. The Hall–Kier alpha value is -3.48. The Labute approximate surface area is 162 Å². The topological polar surface area (TPSA) is 79.7 Å². The van der Waals surface area contributed by atoms with Crippen LogP contribution in [0.2, 0.25) is 0 Å². The molecule has 7 nitrogen and oxygen atoms in total. The molecule has 0 spiro atoms. The van der Waals surface area contributed by atoms with Crippen LogP contribution in [0.4, 0.5) is 0 Å². The van der Waals surface area contributed by atoms with Crippen LogP contribution < -0.4 is 0 Å². The molecule has 1 amide bonds. The lowest BCUT2D eigenvalue weighted by Gasteiger charge is -2.23. The lowest BCUT2D eigenvalue weighted by atomic mass is 10.1. The van der Waals surface area contributed by atoms with E-state index >= 15 is 0 Å². The third-order valence-electron chi connectivity index (χ3n) is 5.32. The number of imidazole rings is 1. The van der Waals surface area contributed by atoms with E-state index in [1.54, 1.807) is 12.7 Å². The van der Waals surface area contributed by atoms with Gasteiger partial charge in [-0.25, -0.2) is 4.98 Å². The van der Waals surface area contributed by atoms with Crippen molar-refractivity contribution in [2.24, 2.45) is 0 Å². The van der Waals surface area contributed by atoms with Crippen molar-refractivity contribution >= 4 is 16.9 Å². The Bertz CT molecular complexity index is 1130. The van der Waals surface area contributed by atoms with Crippen LogP contribution in [0.25, 0.3) is 16.7 Å². The van der Waals surface area contributed by atoms with E-state index in [2.05, 4.69) is 34.2 Å². The highest BCUT2D eigenvalue weighted by Gasteiger charge is 2.32. The van der Waals surface area contributed by atoms with Gasteiger partial charge in [-0.2, -0.15) is 0 Å². The van der Waals surface area contributed by atoms with E-state index in [-0.39, 0.29) is 11.9 Å². The number of rotatable bonds is 3. The number of carbonyl (C=O) groups excluding carboxylic acids is 1. The number of aryl methyl sites for hydroxylation is 1. The van der Waals surface area contributed by atoms with Crippen molar-refractivity contribution in [1.82, 2.24) is 29.6 Å². The van der Waals surface area contributed by atoms with Gasteiger partial charge in [-0.3, -0.25) is 9.36 Å². The number of hydrogen-bond acceptors (Lipinski definition) is 4. The first kappa shape index (κ1) is 16.7. The zero-order valence-electron chi connectivity index (χ0n) is 15.5. The standard InChI is InChI=1S/C21H20N6O/c1-14-4-9-17-18(11-14)25-20(24-17)19-3-2-10-27(19)21(28)15-5-7-16(8-6-15)26-12-22-23-13-26/h4-9,11-13,19H,2-3,10H2,1H3,(H,24,25)/t19-/m0/s1. The fraction of sp³-hybridized carbons (Fsp3) is 0.238. The first-order chi connectivity index (χ1) is 13.7. The van der Waals surface area contributed by atoms with E-state index in [0.29, 0.717) is 5.56 Å². The second-order valence-electron chi connectivity index (χ2n) is 7.22. The van der Waals surface area contributed by atoms with Crippen LogP contribution in [0, 0.1) is 6.92 Å². The molecule has 1 fully saturated rings. The highest BCUT2D eigenvalue weighted by Crippen LogP contribution is 2.33. The number of hydrogen-bond donors (Lipinski definition) is 1. The molecule has 140 valence electrons. The smallest absolute Gasteiger partial charge is 0.254 e. The number of nitrogens with one attached hydrogen (secondary N) is 1. The van der Waals surface area contributed by atoms with Crippen molar-refractivity contribution < 1.29 is 4.79 Å². The quantitative estimate of drug-likeness (QED) is 0.597. The SMILES string of the molecule is Cc1ccc2nc([C@@H]3CCCN3C(=O)c3ccc(-n4cnnc4)cc3)[nH]c2c1. The van der Waals surface area contributed by atoms with Crippen LogP contribution in [-0.2, 0) is 0 Å². The molecular formula is C21H20N6O. The highest BCUT2D eigenvalue weighted by molar-refractivity contribution is 5.95. The number of carbonyl (C=O) groups is 1. The summed E-state index contributed by atoms with van der Waals surface area (Å²) in [6, 6.07) is 13.7. The van der Waals surface area contributed by atoms with Gasteiger partial charge in [0.1, 0.15) is 18.5 Å². The minimum absolute atomic E-state index is 0.0160. The van der Waals surface area contributed by atoms with Crippen LogP contribution in [0.3, 0.4) is 0 Å². The van der Waals surface area contributed by atoms with Gasteiger partial charge in [-0.05, 0) is 61.7 Å². The number of fused-ring (bicyclic) bond motifs is 1. The minimum atomic E-state index is -0.0160. The molecule has 2 aromatic carbocycles. The van der Waals surface area contributed by atoms with Gasteiger partial charge in [0.15, 0.2) is 0 Å². The molecule has 7 heteroatoms. The number of aromatic amines is 1. The van der Waals surface area contributed by atoms with Gasteiger partial charge >= 0.3 is 0 Å². The summed E-state index contributed by atoms with van der Waals surface area (Å²) in [6.07, 6.45) is 5.17. The van der Waals surface area contributed by atoms with Crippen molar-refractivity contribution in [2.45, 2.75) is 25.8 Å². The summed E-state index contributed by atoms with van der Waals surface area (Å²) < 4.78 is 1.81. The summed E-state index contributed by atoms with van der Waals surface area (Å²) >= 11 is 0. The fourth-order valence-electron chi connectivity index (χ4n) is 3.87. The van der Waals surface area contributed by atoms with Crippen molar-refractivity contribution in [3.05, 3.63) is 72.1 Å². The summed E-state index contributed by atoms with van der Waals surface area (Å²) in [7, 11) is 0. The second kappa shape index (κ2) is 6.60. The van der Waals surface area contributed by atoms with E-state index in [9.17, 15) is 4.79 Å². The predicted molar refractivity (Wildman–Crippen MR) is 105 cm³/mol. The average molecular weight is 372 g/mol. The third kappa shape index (κ3) is 2.85. The van der Waals surface area contributed by atoms with E-state index in [4.69, 9.17) is 4.98 Å². The molecule has 5 rings (SSSR count). The normalized spacial score (nSPS) is 16.8. The molecule has 1 aliphatic heterocycles. The Morgan fingerprint density at radius 1 is 1.11 bits per heavy atom. The van der Waals surface area contributed by atoms with Crippen molar-refractivity contribution in [3.8, 4) is 5.69 Å². The Morgan fingerprint density at radius 3 is 2.68 bits per heavy atom. The summed E-state index contributed by atoms with van der Waals surface area (Å²) in [6.45, 7) is 2.81. The maximum Gasteiger partial charge on any atom is 0.254 e. The number of nitrogens with zero attached hydrogens (tertiary/aromatic N) is 5. The number of H-pyrrole nitrogens is 1. The van der Waals surface area contributed by atoms with E-state index in [0.717, 1.165) is 41.9 Å². The van der Waals surface area contributed by atoms with Crippen LogP contribution in [0.15, 0.2) is 55.1 Å². The van der Waals surface area contributed by atoms with Gasteiger partial charge in [0, 0.05) is 17.8 Å². The van der Waals surface area contributed by atoms with Crippen LogP contribution >= 0.6 is 0 Å². The van der Waals surface area contributed by atoms with Gasteiger partial charge in [-0.1, -0.05) is 6.07 Å². The van der Waals surface area contributed by atoms with Gasteiger partial charge < -0.3 is 9.88 Å². The predicted octanol–water partition coefficient (Wildman–Crippen LogP) is 3.43. The largest absolute Gasteiger partial charge is 0.340 e. The molecule has 1 N–H and O–H groups in total. The molecule has 1 atom stereocenters. The number of likely N-dealkylation sites (tertiary alicyclic amines) is 1. The molecule has 2 aromatic heterocycles. The first-order valence-corrected chi connectivity index (χ1v) is 9.41. The van der Waals surface area contributed by atoms with Crippen molar-refractivity contribution in [2.75, 3.05) is 6.54 Å². The third-order valence-corrected chi connectivity index (χ3v) is 5.32. The van der Waals surface area contributed by atoms with E-state index in [1.165, 1.54) is 5.56 Å². The summed E-state index contributed by atoms with van der Waals surface area (Å²) in [5, 5.41) is 7.63. The summed E-state index contributed by atoms with van der Waals surface area (Å²) in [5.74, 6) is 0.905. The van der Waals surface area contributed by atoms with E-state index in [1.807, 2.05) is 39.8 Å². The Balaban J connectivity index is 1.41. The average Bonchev–Trinajstić information content (AvgIpc) is 3.46. The number of benzene rings is 2. The molecule has 28 heavy (non-hydrogen) atoms. The second-order valence-corrected chi connectivity index (χ2v) is 7.22. The Kier molecular flexibility index (Phi) is 3.93. The highest BCUT2D eigenvalue weighted by atomic mass is 16.2. The number of amides is 1. The summed E-state index contributed by atoms with van der Waals surface area (Å²) in [4.78, 5) is 23.2. The van der Waals surface area contributed by atoms with E-state index < -0.39 is 0 Å². The lowest BCUT2D eigenvalue weighted by Crippen LogP contribution is -2.31. The lowest BCUT2D eigenvalue weighted by molar-refractivity contribution is 0.0730. The van der Waals surface area contributed by atoms with Crippen LogP contribution in [0.1, 0.15) is 40.6 Å². The van der Waals surface area contributed by atoms with Gasteiger partial charge in [-0.15, -0.1) is 10.2 Å². The molecule has 3 heterocycles. The monoisotopic (exact) mass is 372 g/mol. The van der Waals surface area contributed by atoms with Gasteiger partial charge in [0.25, 0.3) is 5.91 Å². The molecule has 0 unspecified atom stereocenters. The minimum Gasteiger partial charge on any atom is -0.340 e. The summed E-state index contributed by atoms with van der Waals surface area (Å²) in [5.41, 5.74) is 4.75. The molecule has 0 radical (unpaired) electrons. The molecule has 0 saturated carbocycles. The van der Waals surface area contributed by atoms with Crippen LogP contribution in [0.5, 0.6) is 0 Å². The van der Waals surface area contributed by atoms with Crippen molar-refractivity contribution in [3.63, 3.8) is 0 Å². The molecule has 1 aliphatic rings. The maximum absolute atomic E-state index is 13.2. The zero-order chi connectivity index (χ0) is 19.1. The van der Waals surface area contributed by atoms with Gasteiger partial charge in [0.2, 0.25) is 0 Å². The zero-order valence-corrected chi connectivity index (χ0v) is 15.5. The first-order valence-electron chi connectivity index (χ1n) is 9.41. The van der Waals surface area contributed by atoms with Crippen molar-refractivity contribution in [1.29, 1.82) is 0 Å². The molecular weight excluding hydrogens is 352 g/mol. The van der Waals surface area contributed by atoms with Gasteiger partial charge in [0.05, 0.1) is 17.1 Å². The molecule has 1 saturated heterocycles. The molecule has 0 aliphatic carbocycles. The Morgan fingerprint density at radius 2 is 1.89 bits per heavy atom. The number of aromatic nitrogens is 5. The maximum atomic E-state index is 13.2. The van der Waals surface area contributed by atoms with Crippen LogP contribution in [-0.4, -0.2) is 42.1 Å². The fourth-order valence-corrected chi connectivity index (χ4v) is 3.87. The molecule has 4 aromatic rings.